The number of nitrogens with one attached hydrogen (secondary N) is 1. The van der Waals surface area contributed by atoms with Crippen LogP contribution in [0.4, 0.5) is 5.69 Å². The molecule has 0 fully saturated rings. The second-order valence-corrected chi connectivity index (χ2v) is 7.65. The molecular formula is C12H13NO4P2S. The fourth-order valence-corrected chi connectivity index (χ4v) is 4.02. The first kappa shape index (κ1) is 15.4. The van der Waals surface area contributed by atoms with Crippen molar-refractivity contribution in [1.29, 1.82) is 0 Å². The summed E-state index contributed by atoms with van der Waals surface area (Å²) in [5.41, 5.74) is 0.643. The van der Waals surface area contributed by atoms with Crippen LogP contribution in [0, 0.1) is 0 Å². The maximum absolute atomic E-state index is 11.2. The van der Waals surface area contributed by atoms with Gasteiger partial charge in [0.05, 0.1) is 0 Å². The van der Waals surface area contributed by atoms with Crippen molar-refractivity contribution in [2.45, 2.75) is 5.40 Å². The minimum absolute atomic E-state index is 0.0841. The fourth-order valence-electron chi connectivity index (χ4n) is 1.87. The van der Waals surface area contributed by atoms with Crippen molar-refractivity contribution >= 4 is 49.7 Å². The van der Waals surface area contributed by atoms with Crippen LogP contribution in [0.15, 0.2) is 42.5 Å². The van der Waals surface area contributed by atoms with Crippen LogP contribution in [-0.2, 0) is 9.13 Å². The Kier molecular flexibility index (Phi) is 5.08. The molecule has 5 nitrogen and oxygen atoms in total. The predicted octanol–water partition coefficient (Wildman–Crippen LogP) is 2.84. The van der Waals surface area contributed by atoms with Gasteiger partial charge in [0.15, 0.2) is 5.40 Å². The van der Waals surface area contributed by atoms with E-state index >= 15 is 0 Å². The molecule has 0 heterocycles. The smallest absolute Gasteiger partial charge is 0.208 e. The number of hydrogen-bond donors (Lipinski definition) is 3. The minimum atomic E-state index is -3.21. The van der Waals surface area contributed by atoms with Crippen molar-refractivity contribution < 1.29 is 18.9 Å². The molecule has 0 spiro atoms. The van der Waals surface area contributed by atoms with E-state index in [9.17, 15) is 9.13 Å². The molecule has 0 bridgehead atoms. The maximum atomic E-state index is 11.2. The van der Waals surface area contributed by atoms with E-state index in [4.69, 9.17) is 22.0 Å². The fraction of sp³-hybridized carbons (Fsp3) is 0.0833. The molecule has 0 saturated carbocycles. The zero-order chi connectivity index (χ0) is 14.7. The average molecular weight is 329 g/mol. The van der Waals surface area contributed by atoms with E-state index in [1.807, 2.05) is 36.4 Å². The third kappa shape index (κ3) is 3.35. The third-order valence-electron chi connectivity index (χ3n) is 2.80. The van der Waals surface area contributed by atoms with E-state index in [2.05, 4.69) is 5.32 Å². The molecule has 2 atom stereocenters. The van der Waals surface area contributed by atoms with Crippen molar-refractivity contribution in [3.05, 3.63) is 42.5 Å². The van der Waals surface area contributed by atoms with Crippen LogP contribution in [-0.4, -0.2) is 20.2 Å². The van der Waals surface area contributed by atoms with Crippen molar-refractivity contribution in [2.24, 2.45) is 0 Å². The van der Waals surface area contributed by atoms with Gasteiger partial charge in [0, 0.05) is 11.1 Å². The normalized spacial score (nSPS) is 15.5. The summed E-state index contributed by atoms with van der Waals surface area (Å²) in [5, 5.41) is 3.28. The molecular weight excluding hydrogens is 316 g/mol. The SMILES string of the molecule is O=[PH](O)C(C(=S)Nc1cccc2ccccc12)[PH](=O)O. The molecule has 2 unspecified atom stereocenters. The van der Waals surface area contributed by atoms with E-state index in [1.54, 1.807) is 6.07 Å². The van der Waals surface area contributed by atoms with Gasteiger partial charge in [0.1, 0.15) is 4.99 Å². The molecule has 0 aliphatic rings. The number of fused-ring (bicyclic) bond motifs is 1. The van der Waals surface area contributed by atoms with Crippen LogP contribution < -0.4 is 5.32 Å². The third-order valence-corrected chi connectivity index (χ3v) is 6.61. The van der Waals surface area contributed by atoms with Gasteiger partial charge in [-0.25, -0.2) is 0 Å². The largest absolute Gasteiger partial charge is 0.348 e. The molecule has 0 aliphatic heterocycles. The monoisotopic (exact) mass is 329 g/mol. The van der Waals surface area contributed by atoms with Gasteiger partial charge in [0.25, 0.3) is 0 Å². The van der Waals surface area contributed by atoms with Gasteiger partial charge < -0.3 is 15.1 Å². The first-order valence-electron chi connectivity index (χ1n) is 5.75. The Bertz CT molecular complexity index is 687. The molecule has 2 rings (SSSR count). The first-order valence-corrected chi connectivity index (χ1v) is 9.02. The van der Waals surface area contributed by atoms with E-state index in [0.29, 0.717) is 5.69 Å². The first-order chi connectivity index (χ1) is 9.50. The van der Waals surface area contributed by atoms with Crippen molar-refractivity contribution in [3.8, 4) is 0 Å². The summed E-state index contributed by atoms with van der Waals surface area (Å²) in [7, 11) is -6.43. The van der Waals surface area contributed by atoms with Crippen LogP contribution in [0.25, 0.3) is 10.8 Å². The molecule has 2 aromatic carbocycles. The number of benzene rings is 2. The van der Waals surface area contributed by atoms with Crippen LogP contribution >= 0.6 is 28.3 Å². The lowest BCUT2D eigenvalue weighted by molar-refractivity contribution is 0.488. The molecule has 0 saturated heterocycles. The summed E-state index contributed by atoms with van der Waals surface area (Å²) in [5.74, 6) is 0. The lowest BCUT2D eigenvalue weighted by Gasteiger charge is -2.15. The topological polar surface area (TPSA) is 86.6 Å². The van der Waals surface area contributed by atoms with Crippen LogP contribution in [0.2, 0.25) is 0 Å². The van der Waals surface area contributed by atoms with Gasteiger partial charge in [0.2, 0.25) is 16.1 Å². The number of anilines is 1. The molecule has 0 radical (unpaired) electrons. The van der Waals surface area contributed by atoms with Crippen molar-refractivity contribution in [3.63, 3.8) is 0 Å². The molecule has 3 N–H and O–H groups in total. The van der Waals surface area contributed by atoms with Gasteiger partial charge in [-0.2, -0.15) is 0 Å². The molecule has 106 valence electrons. The predicted molar refractivity (Wildman–Crippen MR) is 86.4 cm³/mol. The van der Waals surface area contributed by atoms with E-state index in [0.717, 1.165) is 10.8 Å². The Balaban J connectivity index is 2.35. The summed E-state index contributed by atoms with van der Waals surface area (Å²) >= 11 is 4.99. The summed E-state index contributed by atoms with van der Waals surface area (Å²) in [4.78, 5) is 18.2. The van der Waals surface area contributed by atoms with E-state index in [1.165, 1.54) is 0 Å². The molecule has 0 aromatic heterocycles. The summed E-state index contributed by atoms with van der Waals surface area (Å²) in [6, 6.07) is 13.0. The van der Waals surface area contributed by atoms with Crippen LogP contribution in [0.3, 0.4) is 0 Å². The number of thiocarbonyl (C=S) groups is 1. The minimum Gasteiger partial charge on any atom is -0.348 e. The molecule has 0 amide bonds. The molecule has 8 heteroatoms. The van der Waals surface area contributed by atoms with Crippen LogP contribution in [0.5, 0.6) is 0 Å². The Hall–Kier alpha value is -1.03. The highest BCUT2D eigenvalue weighted by molar-refractivity contribution is 7.83. The lowest BCUT2D eigenvalue weighted by Crippen LogP contribution is -2.20. The lowest BCUT2D eigenvalue weighted by atomic mass is 10.1. The molecule has 2 aromatic rings. The quantitative estimate of drug-likeness (QED) is 0.591. The summed E-state index contributed by atoms with van der Waals surface area (Å²) < 4.78 is 22.3. The molecule has 20 heavy (non-hydrogen) atoms. The summed E-state index contributed by atoms with van der Waals surface area (Å²) in [6.45, 7) is 0. The van der Waals surface area contributed by atoms with Gasteiger partial charge >= 0.3 is 0 Å². The van der Waals surface area contributed by atoms with Crippen LogP contribution in [0.1, 0.15) is 0 Å². The maximum Gasteiger partial charge on any atom is 0.208 e. The Morgan fingerprint density at radius 3 is 2.30 bits per heavy atom. The Labute approximate surface area is 122 Å². The number of rotatable bonds is 4. The van der Waals surface area contributed by atoms with Crippen molar-refractivity contribution in [1.82, 2.24) is 0 Å². The van der Waals surface area contributed by atoms with E-state index in [-0.39, 0.29) is 4.99 Å². The number of hydrogen-bond acceptors (Lipinski definition) is 3. The van der Waals surface area contributed by atoms with Gasteiger partial charge in [-0.15, -0.1) is 0 Å². The summed E-state index contributed by atoms with van der Waals surface area (Å²) in [6.07, 6.45) is 0. The van der Waals surface area contributed by atoms with Gasteiger partial charge in [-0.05, 0) is 11.5 Å². The second-order valence-electron chi connectivity index (χ2n) is 4.13. The Morgan fingerprint density at radius 2 is 1.65 bits per heavy atom. The second kappa shape index (κ2) is 6.61. The zero-order valence-corrected chi connectivity index (χ0v) is 13.1. The molecule has 0 aliphatic carbocycles. The zero-order valence-electron chi connectivity index (χ0n) is 10.2. The van der Waals surface area contributed by atoms with Gasteiger partial charge in [-0.1, -0.05) is 48.6 Å². The Morgan fingerprint density at radius 1 is 1.05 bits per heavy atom. The van der Waals surface area contributed by atoms with Crippen molar-refractivity contribution in [2.75, 3.05) is 5.32 Å². The highest BCUT2D eigenvalue weighted by Crippen LogP contribution is 2.41. The van der Waals surface area contributed by atoms with Gasteiger partial charge in [-0.3, -0.25) is 9.13 Å². The standard InChI is InChI=1S/C12H13NO4P2S/c14-18(15)12(19(16)17)11(20)13-10-7-3-5-8-4-1-2-6-9(8)10/h1-7,12,18-19H,(H,13,20)(H,14,15)(H,16,17). The average Bonchev–Trinajstić information content (AvgIpc) is 2.38. The highest BCUT2D eigenvalue weighted by atomic mass is 32.1. The highest BCUT2D eigenvalue weighted by Gasteiger charge is 2.25. The van der Waals surface area contributed by atoms with E-state index < -0.39 is 21.5 Å².